The monoisotopic (exact) mass is 458 g/mol. The first-order chi connectivity index (χ1) is 15.4. The molecule has 0 aliphatic heterocycles. The highest BCUT2D eigenvalue weighted by Crippen LogP contribution is 2.82. The summed E-state index contributed by atoms with van der Waals surface area (Å²) in [6.07, 6.45) is 2.79. The molecule has 0 amide bonds. The lowest BCUT2D eigenvalue weighted by molar-refractivity contribution is 0.905. The van der Waals surface area contributed by atoms with Crippen LogP contribution in [0.3, 0.4) is 0 Å². The fourth-order valence-corrected chi connectivity index (χ4v) is 12.0. The second-order valence-electron chi connectivity index (χ2n) is 8.76. The minimum atomic E-state index is -0.303. The van der Waals surface area contributed by atoms with Gasteiger partial charge in [0.25, 0.3) is 0 Å². The first-order valence-corrected chi connectivity index (χ1v) is 14.0. The van der Waals surface area contributed by atoms with Crippen LogP contribution in [-0.2, 0) is 0 Å². The van der Waals surface area contributed by atoms with E-state index < -0.39 is 0 Å². The molecule has 6 rings (SSSR count). The Bertz CT molecular complexity index is 979. The van der Waals surface area contributed by atoms with Gasteiger partial charge in [0.2, 0.25) is 0 Å². The third kappa shape index (κ3) is 4.49. The molecule has 2 aliphatic rings. The number of hydrogen-bond acceptors (Lipinski definition) is 0. The lowest BCUT2D eigenvalue weighted by atomic mass is 10.4. The van der Waals surface area contributed by atoms with Crippen molar-refractivity contribution in [3.8, 4) is 0 Å². The molecule has 3 atom stereocenters. The van der Waals surface area contributed by atoms with E-state index in [0.29, 0.717) is 5.41 Å². The maximum Gasteiger partial charge on any atom is 0 e. The third-order valence-electron chi connectivity index (χ3n) is 6.91. The molecule has 0 aromatic heterocycles. The number of rotatable bonds is 6. The zero-order valence-corrected chi connectivity index (χ0v) is 20.5. The van der Waals surface area contributed by atoms with Crippen molar-refractivity contribution >= 4 is 53.9 Å². The number of hydrogen-bond donors (Lipinski definition) is 0. The third-order valence-corrected chi connectivity index (χ3v) is 13.0. The highest BCUT2D eigenvalue weighted by atomic mass is 31.1. The Labute approximate surface area is 204 Å². The van der Waals surface area contributed by atoms with Crippen molar-refractivity contribution in [1.82, 2.24) is 0 Å². The van der Waals surface area contributed by atoms with E-state index in [-0.39, 0.29) is 32.7 Å². The molecule has 2 saturated carbocycles. The number of benzene rings is 4. The summed E-state index contributed by atoms with van der Waals surface area (Å²) in [6.45, 7) is 0. The normalized spacial score (nSPS) is 22.5. The lowest BCUT2D eigenvalue weighted by Gasteiger charge is -2.21. The molecule has 33 heavy (non-hydrogen) atoms. The molecule has 0 N–H and O–H groups in total. The van der Waals surface area contributed by atoms with Crippen LogP contribution in [0.1, 0.15) is 12.8 Å². The second kappa shape index (κ2) is 10.0. The molecule has 1 spiro atoms. The second-order valence-corrected chi connectivity index (χ2v) is 13.5. The van der Waals surface area contributed by atoms with Gasteiger partial charge in [-0.25, -0.2) is 0 Å². The van der Waals surface area contributed by atoms with Gasteiger partial charge in [0, 0.05) is 16.8 Å². The van der Waals surface area contributed by atoms with Crippen LogP contribution in [-0.4, -0.2) is 28.1 Å². The van der Waals surface area contributed by atoms with Gasteiger partial charge >= 0.3 is 0 Å². The van der Waals surface area contributed by atoms with E-state index >= 15 is 0 Å². The Morgan fingerprint density at radius 2 is 0.667 bits per heavy atom. The van der Waals surface area contributed by atoms with Crippen molar-refractivity contribution in [2.24, 2.45) is 5.41 Å². The van der Waals surface area contributed by atoms with E-state index in [1.165, 1.54) is 12.8 Å². The Balaban J connectivity index is 0.00000130. The van der Waals surface area contributed by atoms with Crippen LogP contribution in [0, 0.1) is 5.41 Å². The lowest BCUT2D eigenvalue weighted by Crippen LogP contribution is -2.18. The minimum Gasteiger partial charge on any atom is -0.0622 e. The average Bonchev–Trinajstić information content (AvgIpc) is 3.74. The van der Waals surface area contributed by atoms with Gasteiger partial charge in [-0.3, -0.25) is 0 Å². The van der Waals surface area contributed by atoms with Crippen LogP contribution in [0.25, 0.3) is 0 Å². The van der Waals surface area contributed by atoms with Crippen LogP contribution in [0.4, 0.5) is 0 Å². The van der Waals surface area contributed by atoms with E-state index in [1.807, 2.05) is 0 Å². The quantitative estimate of drug-likeness (QED) is 0.281. The van der Waals surface area contributed by atoms with Gasteiger partial charge < -0.3 is 0 Å². The Kier molecular flexibility index (Phi) is 7.28. The maximum absolute atomic E-state index is 2.36. The van der Waals surface area contributed by atoms with Crippen LogP contribution >= 0.6 is 15.8 Å². The molecule has 4 heteroatoms. The van der Waals surface area contributed by atoms with Gasteiger partial charge in [0.15, 0.2) is 0 Å². The molecule has 0 heterocycles. The summed E-state index contributed by atoms with van der Waals surface area (Å²) in [7, 11) is -0.606. The van der Waals surface area contributed by atoms with Crippen molar-refractivity contribution in [3.63, 3.8) is 0 Å². The van der Waals surface area contributed by atoms with Crippen molar-refractivity contribution < 1.29 is 0 Å². The van der Waals surface area contributed by atoms with Gasteiger partial charge in [0.1, 0.15) is 0 Å². The highest BCUT2D eigenvalue weighted by Gasteiger charge is 2.74. The summed E-state index contributed by atoms with van der Waals surface area (Å²) in [6, 6.07) is 45.2. The average molecular weight is 458 g/mol. The first-order valence-electron chi connectivity index (χ1n) is 11.2. The van der Waals surface area contributed by atoms with Gasteiger partial charge in [0.05, 0.1) is 0 Å². The van der Waals surface area contributed by atoms with Crippen molar-refractivity contribution in [2.75, 3.05) is 0 Å². The Morgan fingerprint density at radius 3 is 0.909 bits per heavy atom. The molecular formula is C29H26B2P2. The van der Waals surface area contributed by atoms with Gasteiger partial charge in [-0.2, -0.15) is 0 Å². The Morgan fingerprint density at radius 1 is 0.424 bits per heavy atom. The molecular weight excluding hydrogens is 432 g/mol. The summed E-state index contributed by atoms with van der Waals surface area (Å²) < 4.78 is 0. The predicted octanol–water partition coefficient (Wildman–Crippen LogP) is 5.02. The fourth-order valence-electron chi connectivity index (χ4n) is 5.25. The highest BCUT2D eigenvalue weighted by molar-refractivity contribution is 7.75. The van der Waals surface area contributed by atoms with E-state index in [1.54, 1.807) is 21.2 Å². The Hall–Kier alpha value is -2.13. The summed E-state index contributed by atoms with van der Waals surface area (Å²) in [4.78, 5) is 0. The molecule has 0 nitrogen and oxygen atoms in total. The molecule has 2 aliphatic carbocycles. The van der Waals surface area contributed by atoms with E-state index in [4.69, 9.17) is 0 Å². The molecule has 1 unspecified atom stereocenters. The van der Waals surface area contributed by atoms with Crippen molar-refractivity contribution in [3.05, 3.63) is 121 Å². The smallest absolute Gasteiger partial charge is 0 e. The van der Waals surface area contributed by atoms with Crippen LogP contribution in [0.5, 0.6) is 0 Å². The summed E-state index contributed by atoms with van der Waals surface area (Å²) in [5, 5.41) is 6.17. The van der Waals surface area contributed by atoms with Crippen LogP contribution < -0.4 is 21.2 Å². The predicted molar refractivity (Wildman–Crippen MR) is 149 cm³/mol. The van der Waals surface area contributed by atoms with Crippen LogP contribution in [0.15, 0.2) is 121 Å². The summed E-state index contributed by atoms with van der Waals surface area (Å²) in [5.74, 6) is 0. The molecule has 4 aromatic carbocycles. The zero-order chi connectivity index (χ0) is 20.7. The maximum atomic E-state index is 2.36. The first kappa shape index (κ1) is 24.0. The molecule has 6 radical (unpaired) electrons. The van der Waals surface area contributed by atoms with Gasteiger partial charge in [-0.15, -0.1) is 0 Å². The minimum absolute atomic E-state index is 0. The molecule has 2 fully saturated rings. The van der Waals surface area contributed by atoms with Gasteiger partial charge in [-0.05, 0) is 66.6 Å². The molecule has 0 bridgehead atoms. The standard InChI is InChI=1S/C29H26P2.2B/c1-5-13-23(14-6-1)30(24-15-7-2-8-16-24)27-21-29(27)22-28(29)31(25-17-9-3-10-18-25)26-19-11-4-12-20-26;;/h1-20,27-28H,21-22H2;;/t27-,28+,29?;;. The summed E-state index contributed by atoms with van der Waals surface area (Å²) >= 11 is 0. The van der Waals surface area contributed by atoms with E-state index in [2.05, 4.69) is 121 Å². The van der Waals surface area contributed by atoms with Crippen molar-refractivity contribution in [1.29, 1.82) is 0 Å². The fraction of sp³-hybridized carbons (Fsp3) is 0.172. The molecule has 4 aromatic rings. The zero-order valence-electron chi connectivity index (χ0n) is 18.7. The summed E-state index contributed by atoms with van der Waals surface area (Å²) in [5.41, 5.74) is 2.18. The van der Waals surface area contributed by atoms with Crippen LogP contribution in [0.2, 0.25) is 0 Å². The van der Waals surface area contributed by atoms with E-state index in [0.717, 1.165) is 11.3 Å². The SMILES string of the molecule is [B].[B].c1ccc(P(c2ccccc2)[C@H]2CC23C[C@H]3P(c2ccccc2)c2ccccc2)cc1. The molecule has 158 valence electrons. The van der Waals surface area contributed by atoms with Crippen molar-refractivity contribution in [2.45, 2.75) is 24.2 Å². The molecule has 0 saturated heterocycles. The topological polar surface area (TPSA) is 0 Å². The van der Waals surface area contributed by atoms with E-state index in [9.17, 15) is 0 Å². The van der Waals surface area contributed by atoms with Gasteiger partial charge in [-0.1, -0.05) is 121 Å². The largest absolute Gasteiger partial charge is 0.0622 e.